The van der Waals surface area contributed by atoms with E-state index in [1.165, 1.54) is 17.6 Å². The number of carbonyl (C=O) groups is 2. The molecule has 1 aromatic heterocycles. The van der Waals surface area contributed by atoms with Crippen molar-refractivity contribution in [2.75, 3.05) is 32.1 Å². The lowest BCUT2D eigenvalue weighted by atomic mass is 9.87. The van der Waals surface area contributed by atoms with Crippen LogP contribution in [-0.2, 0) is 19.7 Å². The molecule has 0 spiro atoms. The number of nitrogens with one attached hydrogen (secondary N) is 1. The number of fused-ring (bicyclic) bond motifs is 1. The van der Waals surface area contributed by atoms with Crippen LogP contribution in [0.5, 0.6) is 0 Å². The number of aromatic nitrogens is 1. The van der Waals surface area contributed by atoms with Crippen molar-refractivity contribution in [3.8, 4) is 11.5 Å². The maximum Gasteiger partial charge on any atom is 0.337 e. The molecule has 0 fully saturated rings. The number of oxazole rings is 1. The fourth-order valence-corrected chi connectivity index (χ4v) is 3.73. The van der Waals surface area contributed by atoms with Gasteiger partial charge >= 0.3 is 5.97 Å². The number of nitrogens with zero attached hydrogens (tertiary/aromatic N) is 2. The molecule has 0 radical (unpaired) electrons. The summed E-state index contributed by atoms with van der Waals surface area (Å²) in [4.78, 5) is 30.9. The smallest absolute Gasteiger partial charge is 0.337 e. The number of rotatable bonds is 6. The van der Waals surface area contributed by atoms with E-state index in [0.29, 0.717) is 22.7 Å². The minimum atomic E-state index is -0.588. The summed E-state index contributed by atoms with van der Waals surface area (Å²) in [7, 11) is 1.27. The number of esters is 1. The average Bonchev–Trinajstić information content (AvgIpc) is 3.35. The minimum Gasteiger partial charge on any atom is -0.466 e. The highest BCUT2D eigenvalue weighted by molar-refractivity contribution is 6.08. The molecule has 4 rings (SSSR count). The summed E-state index contributed by atoms with van der Waals surface area (Å²) in [5, 5.41) is 12.2. The van der Waals surface area contributed by atoms with Crippen LogP contribution in [0.1, 0.15) is 26.3 Å². The average molecular weight is 450 g/mol. The number of ether oxygens (including phenoxy) is 1. The predicted octanol–water partition coefficient (Wildman–Crippen LogP) is 3.47. The van der Waals surface area contributed by atoms with Gasteiger partial charge in [-0.25, -0.2) is 9.78 Å². The largest absolute Gasteiger partial charge is 0.466 e. The first-order valence-electron chi connectivity index (χ1n) is 10.7. The number of carbonyl (C=O) groups excluding carboxylic acids is 2. The number of benzene rings is 2. The maximum absolute atomic E-state index is 12.7. The van der Waals surface area contributed by atoms with Crippen molar-refractivity contribution in [2.45, 2.75) is 26.2 Å². The van der Waals surface area contributed by atoms with E-state index in [2.05, 4.69) is 43.2 Å². The summed E-state index contributed by atoms with van der Waals surface area (Å²) in [6.45, 7) is 6.50. The van der Waals surface area contributed by atoms with Crippen LogP contribution in [0.3, 0.4) is 0 Å². The zero-order chi connectivity index (χ0) is 23.8. The fraction of sp³-hybridized carbons (Fsp3) is 0.320. The standard InChI is InChI=1S/C25H27N3O5/c1-25(2,3)16-7-5-15(6-8-16)22-27-19-13-17(9-10-20(19)33-22)26-21-18(24(31)32-4)14-28(11-12-29)23(21)30/h5-10,13,26,29H,11-12,14H2,1-4H3. The van der Waals surface area contributed by atoms with Crippen molar-refractivity contribution in [1.82, 2.24) is 9.88 Å². The molecule has 0 atom stereocenters. The van der Waals surface area contributed by atoms with Crippen LogP contribution in [-0.4, -0.2) is 53.7 Å². The monoisotopic (exact) mass is 449 g/mol. The highest BCUT2D eigenvalue weighted by Gasteiger charge is 2.34. The van der Waals surface area contributed by atoms with Crippen molar-refractivity contribution < 1.29 is 23.8 Å². The number of anilines is 1. The van der Waals surface area contributed by atoms with E-state index >= 15 is 0 Å². The molecule has 3 aromatic rings. The van der Waals surface area contributed by atoms with Gasteiger partial charge in [-0.2, -0.15) is 0 Å². The van der Waals surface area contributed by atoms with Crippen LogP contribution >= 0.6 is 0 Å². The van der Waals surface area contributed by atoms with E-state index in [1.54, 1.807) is 18.2 Å². The molecule has 1 aliphatic heterocycles. The molecule has 2 aromatic carbocycles. The maximum atomic E-state index is 12.7. The van der Waals surface area contributed by atoms with Gasteiger partial charge in [0.1, 0.15) is 11.2 Å². The van der Waals surface area contributed by atoms with Gasteiger partial charge in [0, 0.05) is 17.8 Å². The fourth-order valence-electron chi connectivity index (χ4n) is 3.73. The molecule has 0 unspecified atom stereocenters. The molecule has 8 nitrogen and oxygen atoms in total. The quantitative estimate of drug-likeness (QED) is 0.555. The number of aliphatic hydroxyl groups is 1. The Hall–Kier alpha value is -3.65. The number of methoxy groups -OCH3 is 1. The first-order valence-corrected chi connectivity index (χ1v) is 10.7. The zero-order valence-electron chi connectivity index (χ0n) is 19.1. The molecule has 1 amide bonds. The number of hydrogen-bond acceptors (Lipinski definition) is 7. The van der Waals surface area contributed by atoms with Crippen molar-refractivity contribution >= 4 is 28.7 Å². The highest BCUT2D eigenvalue weighted by atomic mass is 16.5. The number of aliphatic hydroxyl groups excluding tert-OH is 1. The summed E-state index contributed by atoms with van der Waals surface area (Å²) in [6.07, 6.45) is 0. The van der Waals surface area contributed by atoms with Gasteiger partial charge < -0.3 is 24.5 Å². The Labute approximate surface area is 191 Å². The van der Waals surface area contributed by atoms with Gasteiger partial charge in [-0.1, -0.05) is 32.9 Å². The van der Waals surface area contributed by atoms with Gasteiger partial charge in [0.05, 0.1) is 25.8 Å². The first kappa shape index (κ1) is 22.5. The van der Waals surface area contributed by atoms with E-state index < -0.39 is 5.97 Å². The SMILES string of the molecule is COC(=O)C1=C(Nc2ccc3oc(-c4ccc(C(C)(C)C)cc4)nc3c2)C(=O)N(CCO)C1. The molecule has 0 saturated heterocycles. The van der Waals surface area contributed by atoms with Gasteiger partial charge in [-0.15, -0.1) is 0 Å². The Morgan fingerprint density at radius 3 is 2.58 bits per heavy atom. The molecule has 2 heterocycles. The molecule has 1 aliphatic rings. The zero-order valence-corrected chi connectivity index (χ0v) is 19.1. The van der Waals surface area contributed by atoms with E-state index in [9.17, 15) is 14.7 Å². The summed E-state index contributed by atoms with van der Waals surface area (Å²) in [6, 6.07) is 13.4. The van der Waals surface area contributed by atoms with Gasteiger partial charge in [-0.05, 0) is 41.3 Å². The Balaban J connectivity index is 1.62. The third-order valence-electron chi connectivity index (χ3n) is 5.61. The topological polar surface area (TPSA) is 105 Å². The lowest BCUT2D eigenvalue weighted by Gasteiger charge is -2.18. The number of hydrogen-bond donors (Lipinski definition) is 2. The lowest BCUT2D eigenvalue weighted by Crippen LogP contribution is -2.31. The Kier molecular flexibility index (Phi) is 5.95. The summed E-state index contributed by atoms with van der Waals surface area (Å²) >= 11 is 0. The van der Waals surface area contributed by atoms with E-state index in [-0.39, 0.29) is 42.3 Å². The van der Waals surface area contributed by atoms with Gasteiger partial charge in [-0.3, -0.25) is 4.79 Å². The Morgan fingerprint density at radius 2 is 1.94 bits per heavy atom. The molecule has 0 aliphatic carbocycles. The predicted molar refractivity (Wildman–Crippen MR) is 124 cm³/mol. The lowest BCUT2D eigenvalue weighted by molar-refractivity contribution is -0.136. The van der Waals surface area contributed by atoms with Crippen LogP contribution in [0.15, 0.2) is 58.2 Å². The van der Waals surface area contributed by atoms with E-state index in [4.69, 9.17) is 9.15 Å². The highest BCUT2D eigenvalue weighted by Crippen LogP contribution is 2.30. The minimum absolute atomic E-state index is 0.0581. The van der Waals surface area contributed by atoms with Crippen molar-refractivity contribution in [3.63, 3.8) is 0 Å². The molecule has 8 heteroatoms. The Morgan fingerprint density at radius 1 is 1.21 bits per heavy atom. The van der Waals surface area contributed by atoms with Gasteiger partial charge in [0.15, 0.2) is 5.58 Å². The van der Waals surface area contributed by atoms with Crippen LogP contribution in [0.2, 0.25) is 0 Å². The van der Waals surface area contributed by atoms with Crippen LogP contribution in [0.25, 0.3) is 22.6 Å². The van der Waals surface area contributed by atoms with E-state index in [0.717, 1.165) is 5.56 Å². The van der Waals surface area contributed by atoms with Gasteiger partial charge in [0.25, 0.3) is 5.91 Å². The first-order chi connectivity index (χ1) is 15.7. The molecular formula is C25H27N3O5. The summed E-state index contributed by atoms with van der Waals surface area (Å²) < 4.78 is 10.7. The summed E-state index contributed by atoms with van der Waals surface area (Å²) in [5.41, 5.74) is 4.32. The third-order valence-corrected chi connectivity index (χ3v) is 5.61. The third kappa shape index (κ3) is 4.47. The van der Waals surface area contributed by atoms with Crippen molar-refractivity contribution in [3.05, 3.63) is 59.3 Å². The Bertz CT molecular complexity index is 1240. The molecule has 33 heavy (non-hydrogen) atoms. The normalized spacial score (nSPS) is 14.3. The van der Waals surface area contributed by atoms with Crippen LogP contribution in [0.4, 0.5) is 5.69 Å². The second-order valence-electron chi connectivity index (χ2n) is 8.95. The molecule has 2 N–H and O–H groups in total. The van der Waals surface area contributed by atoms with Crippen LogP contribution in [0, 0.1) is 0 Å². The molecule has 0 bridgehead atoms. The second-order valence-corrected chi connectivity index (χ2v) is 8.95. The van der Waals surface area contributed by atoms with Crippen LogP contribution < -0.4 is 5.32 Å². The molecule has 0 saturated carbocycles. The summed E-state index contributed by atoms with van der Waals surface area (Å²) in [5.74, 6) is -0.456. The molecular weight excluding hydrogens is 422 g/mol. The number of β-amino-alcohol motifs (C(OH)–C–C–N with tert-alkyl or cyclic N) is 1. The van der Waals surface area contributed by atoms with Gasteiger partial charge in [0.2, 0.25) is 5.89 Å². The number of amides is 1. The second kappa shape index (κ2) is 8.71. The molecule has 172 valence electrons. The van der Waals surface area contributed by atoms with Crippen molar-refractivity contribution in [1.29, 1.82) is 0 Å². The van der Waals surface area contributed by atoms with Crippen molar-refractivity contribution in [2.24, 2.45) is 0 Å². The van der Waals surface area contributed by atoms with E-state index in [1.807, 2.05) is 12.1 Å².